The van der Waals surface area contributed by atoms with E-state index in [1.165, 1.54) is 4.90 Å². The predicted molar refractivity (Wildman–Crippen MR) is 146 cm³/mol. The Hall–Kier alpha value is -3.07. The quantitative estimate of drug-likeness (QED) is 0.395. The number of aromatic nitrogens is 2. The number of ether oxygens (including phenoxy) is 1. The molecule has 2 aromatic carbocycles. The summed E-state index contributed by atoms with van der Waals surface area (Å²) in [6, 6.07) is 14.2. The van der Waals surface area contributed by atoms with Crippen molar-refractivity contribution in [1.82, 2.24) is 19.8 Å². The summed E-state index contributed by atoms with van der Waals surface area (Å²) in [7, 11) is 0. The highest BCUT2D eigenvalue weighted by Gasteiger charge is 2.27. The van der Waals surface area contributed by atoms with Crippen molar-refractivity contribution in [3.05, 3.63) is 64.8 Å². The molecule has 1 saturated heterocycles. The van der Waals surface area contributed by atoms with E-state index in [-0.39, 0.29) is 24.6 Å². The van der Waals surface area contributed by atoms with E-state index in [9.17, 15) is 9.59 Å². The lowest BCUT2D eigenvalue weighted by Gasteiger charge is -2.29. The summed E-state index contributed by atoms with van der Waals surface area (Å²) in [6.07, 6.45) is 3.52. The highest BCUT2D eigenvalue weighted by molar-refractivity contribution is 6.31. The third-order valence-electron chi connectivity index (χ3n) is 5.74. The van der Waals surface area contributed by atoms with E-state index in [1.807, 2.05) is 51.2 Å². The molecule has 8 nitrogen and oxygen atoms in total. The van der Waals surface area contributed by atoms with Gasteiger partial charge in [0.25, 0.3) is 0 Å². The molecular formula is C27H31Cl2N5O3. The van der Waals surface area contributed by atoms with Crippen LogP contribution in [-0.4, -0.2) is 57.7 Å². The maximum atomic E-state index is 13.2. The van der Waals surface area contributed by atoms with Gasteiger partial charge in [-0.15, -0.1) is 0 Å². The van der Waals surface area contributed by atoms with E-state index in [2.05, 4.69) is 15.6 Å². The number of nitrogens with zero attached hydrogens (tertiary/aromatic N) is 3. The molecule has 4 rings (SSSR count). The second kappa shape index (κ2) is 11.5. The molecule has 1 fully saturated rings. The molecular weight excluding hydrogens is 513 g/mol. The number of carbonyl (C=O) groups is 2. The average molecular weight is 544 g/mol. The van der Waals surface area contributed by atoms with Crippen LogP contribution in [-0.2, 0) is 9.53 Å². The van der Waals surface area contributed by atoms with E-state index >= 15 is 0 Å². The number of hydrogen-bond acceptors (Lipinski definition) is 4. The first-order valence-electron chi connectivity index (χ1n) is 12.2. The number of rotatable bonds is 7. The molecule has 10 heteroatoms. The fourth-order valence-electron chi connectivity index (χ4n) is 4.04. The van der Waals surface area contributed by atoms with Gasteiger partial charge in [0.05, 0.1) is 11.8 Å². The second-order valence-electron chi connectivity index (χ2n) is 10.1. The van der Waals surface area contributed by atoms with E-state index in [0.717, 1.165) is 24.1 Å². The summed E-state index contributed by atoms with van der Waals surface area (Å²) in [4.78, 5) is 32.4. The van der Waals surface area contributed by atoms with Crippen LogP contribution in [0, 0.1) is 0 Å². The van der Waals surface area contributed by atoms with Crippen molar-refractivity contribution in [3.8, 4) is 16.9 Å². The number of benzene rings is 2. The summed E-state index contributed by atoms with van der Waals surface area (Å²) >= 11 is 12.3. The maximum absolute atomic E-state index is 13.2. The maximum Gasteiger partial charge on any atom is 0.318 e. The number of halogens is 2. The van der Waals surface area contributed by atoms with Crippen molar-refractivity contribution in [2.45, 2.75) is 45.3 Å². The minimum atomic E-state index is -0.446. The summed E-state index contributed by atoms with van der Waals surface area (Å²) in [5.41, 5.74) is 1.77. The number of urea groups is 1. The Labute approximate surface area is 226 Å². The van der Waals surface area contributed by atoms with Crippen molar-refractivity contribution in [2.24, 2.45) is 0 Å². The zero-order chi connectivity index (χ0) is 26.6. The second-order valence-corrected chi connectivity index (χ2v) is 10.9. The molecule has 37 heavy (non-hydrogen) atoms. The topological polar surface area (TPSA) is 88.5 Å². The molecule has 1 aliphatic heterocycles. The van der Waals surface area contributed by atoms with Gasteiger partial charge in [-0.25, -0.2) is 9.78 Å². The van der Waals surface area contributed by atoms with Crippen LogP contribution in [0.5, 0.6) is 0 Å². The first-order valence-corrected chi connectivity index (χ1v) is 12.9. The molecule has 1 unspecified atom stereocenters. The van der Waals surface area contributed by atoms with Crippen LogP contribution >= 0.6 is 23.2 Å². The van der Waals surface area contributed by atoms with Crippen LogP contribution < -0.4 is 10.6 Å². The molecule has 1 aliphatic rings. The molecule has 1 atom stereocenters. The first kappa shape index (κ1) is 27.0. The van der Waals surface area contributed by atoms with Gasteiger partial charge < -0.3 is 15.0 Å². The number of amides is 3. The highest BCUT2D eigenvalue weighted by atomic mass is 35.5. The minimum absolute atomic E-state index is 0.0940. The molecule has 3 amide bonds. The molecule has 196 valence electrons. The Morgan fingerprint density at radius 1 is 1.14 bits per heavy atom. The van der Waals surface area contributed by atoms with E-state index in [1.54, 1.807) is 28.8 Å². The van der Waals surface area contributed by atoms with Gasteiger partial charge in [-0.3, -0.25) is 14.7 Å². The zero-order valence-corrected chi connectivity index (χ0v) is 22.6. The van der Waals surface area contributed by atoms with Gasteiger partial charge in [0.2, 0.25) is 11.9 Å². The Balaban J connectivity index is 1.59. The fourth-order valence-corrected chi connectivity index (χ4v) is 4.35. The number of carbonyl (C=O) groups excluding carboxylic acids is 2. The largest absolute Gasteiger partial charge is 0.376 e. The zero-order valence-electron chi connectivity index (χ0n) is 21.1. The summed E-state index contributed by atoms with van der Waals surface area (Å²) < 4.78 is 7.48. The van der Waals surface area contributed by atoms with Crippen molar-refractivity contribution in [1.29, 1.82) is 0 Å². The van der Waals surface area contributed by atoms with Crippen molar-refractivity contribution < 1.29 is 14.3 Å². The molecule has 0 saturated carbocycles. The van der Waals surface area contributed by atoms with Crippen LogP contribution in [0.4, 0.5) is 10.7 Å². The average Bonchev–Trinajstić information content (AvgIpc) is 3.48. The molecule has 2 heterocycles. The van der Waals surface area contributed by atoms with Crippen LogP contribution in [0.3, 0.4) is 0 Å². The van der Waals surface area contributed by atoms with Crippen LogP contribution in [0.25, 0.3) is 16.9 Å². The van der Waals surface area contributed by atoms with E-state index in [0.29, 0.717) is 34.8 Å². The lowest BCUT2D eigenvalue weighted by atomic mass is 10.1. The Bertz CT molecular complexity index is 1250. The minimum Gasteiger partial charge on any atom is -0.376 e. The number of anilines is 1. The summed E-state index contributed by atoms with van der Waals surface area (Å²) in [6.45, 7) is 6.53. The standard InChI is InChI=1S/C27H31Cl2N5O3/c1-27(2,3)32-26(36)33(15-22-8-5-13-37-22)17-24(35)31-25-30-23(18-9-11-19(28)12-10-18)16-34(25)21-7-4-6-20(29)14-21/h4,6-7,9-12,14,16,22H,5,8,13,15,17H2,1-3H3,(H,32,36)(H,30,31,35). The lowest BCUT2D eigenvalue weighted by molar-refractivity contribution is -0.117. The Morgan fingerprint density at radius 3 is 2.54 bits per heavy atom. The third kappa shape index (κ3) is 7.47. The van der Waals surface area contributed by atoms with Gasteiger partial charge >= 0.3 is 6.03 Å². The molecule has 1 aromatic heterocycles. The van der Waals surface area contributed by atoms with Crippen LogP contribution in [0.2, 0.25) is 10.0 Å². The number of nitrogens with one attached hydrogen (secondary N) is 2. The normalized spacial score (nSPS) is 15.4. The van der Waals surface area contributed by atoms with E-state index in [4.69, 9.17) is 27.9 Å². The molecule has 0 aliphatic carbocycles. The van der Waals surface area contributed by atoms with Gasteiger partial charge in [0.1, 0.15) is 6.54 Å². The van der Waals surface area contributed by atoms with E-state index < -0.39 is 5.54 Å². The lowest BCUT2D eigenvalue weighted by Crippen LogP contribution is -2.52. The SMILES string of the molecule is CC(C)(C)NC(=O)N(CC(=O)Nc1nc(-c2ccc(Cl)cc2)cn1-c1cccc(Cl)c1)CC1CCCO1. The Kier molecular flexibility index (Phi) is 8.42. The van der Waals surface area contributed by atoms with Gasteiger partial charge in [0.15, 0.2) is 0 Å². The Morgan fingerprint density at radius 2 is 1.89 bits per heavy atom. The summed E-state index contributed by atoms with van der Waals surface area (Å²) in [5, 5.41) is 7.00. The van der Waals surface area contributed by atoms with Gasteiger partial charge in [0, 0.05) is 46.2 Å². The van der Waals surface area contributed by atoms with Gasteiger partial charge in [-0.2, -0.15) is 0 Å². The predicted octanol–water partition coefficient (Wildman–Crippen LogP) is 5.77. The monoisotopic (exact) mass is 543 g/mol. The first-order chi connectivity index (χ1) is 17.6. The molecule has 0 spiro atoms. The van der Waals surface area contributed by atoms with Crippen molar-refractivity contribution >= 4 is 41.1 Å². The molecule has 3 aromatic rings. The summed E-state index contributed by atoms with van der Waals surface area (Å²) in [5.74, 6) is -0.0656. The fraction of sp³-hybridized carbons (Fsp3) is 0.370. The molecule has 0 radical (unpaired) electrons. The number of hydrogen-bond donors (Lipinski definition) is 2. The van der Waals surface area contributed by atoms with Crippen molar-refractivity contribution in [2.75, 3.05) is 25.0 Å². The third-order valence-corrected chi connectivity index (χ3v) is 6.22. The van der Waals surface area contributed by atoms with Crippen molar-refractivity contribution in [3.63, 3.8) is 0 Å². The molecule has 0 bridgehead atoms. The van der Waals surface area contributed by atoms with Crippen LogP contribution in [0.15, 0.2) is 54.7 Å². The van der Waals surface area contributed by atoms with Gasteiger partial charge in [-0.05, 0) is 63.9 Å². The smallest absolute Gasteiger partial charge is 0.318 e. The van der Waals surface area contributed by atoms with Gasteiger partial charge in [-0.1, -0.05) is 41.4 Å². The molecule has 2 N–H and O–H groups in total. The number of imidazole rings is 1. The highest BCUT2D eigenvalue weighted by Crippen LogP contribution is 2.27. The van der Waals surface area contributed by atoms with Crippen LogP contribution in [0.1, 0.15) is 33.6 Å².